The smallest absolute Gasteiger partial charge is 0.221 e. The van der Waals surface area contributed by atoms with Gasteiger partial charge in [-0.2, -0.15) is 0 Å². The van der Waals surface area contributed by atoms with Crippen LogP contribution in [0.2, 0.25) is 0 Å². The van der Waals surface area contributed by atoms with Gasteiger partial charge in [0, 0.05) is 18.5 Å². The summed E-state index contributed by atoms with van der Waals surface area (Å²) < 4.78 is 0. The van der Waals surface area contributed by atoms with Crippen LogP contribution in [0.3, 0.4) is 0 Å². The van der Waals surface area contributed by atoms with E-state index in [1.54, 1.807) is 0 Å². The second-order valence-electron chi connectivity index (χ2n) is 6.50. The monoisotopic (exact) mass is 255 g/mol. The second kappa shape index (κ2) is 7.10. The van der Waals surface area contributed by atoms with Gasteiger partial charge >= 0.3 is 0 Å². The number of amides is 1. The highest BCUT2D eigenvalue weighted by Crippen LogP contribution is 2.14. The molecule has 0 atom stereocenters. The Morgan fingerprint density at radius 2 is 1.89 bits per heavy atom. The molecule has 0 bridgehead atoms. The molecule has 1 heterocycles. The van der Waals surface area contributed by atoms with Crippen LogP contribution in [0.5, 0.6) is 0 Å². The number of hydrogen-bond donors (Lipinski definition) is 2. The maximum absolute atomic E-state index is 11.6. The molecule has 0 saturated carbocycles. The van der Waals surface area contributed by atoms with E-state index in [0.29, 0.717) is 6.42 Å². The van der Waals surface area contributed by atoms with Crippen molar-refractivity contribution in [1.29, 1.82) is 0 Å². The zero-order valence-corrected chi connectivity index (χ0v) is 12.4. The van der Waals surface area contributed by atoms with Gasteiger partial charge in [0.05, 0.1) is 0 Å². The fraction of sp³-hybridized carbons (Fsp3) is 0.929. The molecule has 0 aromatic heterocycles. The van der Waals surface area contributed by atoms with Gasteiger partial charge in [0.2, 0.25) is 5.91 Å². The number of piperidine rings is 1. The van der Waals surface area contributed by atoms with E-state index in [1.165, 1.54) is 25.9 Å². The Hall–Kier alpha value is -0.610. The molecule has 0 aromatic carbocycles. The lowest BCUT2D eigenvalue weighted by Crippen LogP contribution is -2.42. The third kappa shape index (κ3) is 6.97. The standard InChI is InChI=1S/C14H29N3O/c1-14(2,3)16-13(18)5-8-15-11-12-6-9-17(4)10-7-12/h12,15H,5-11H2,1-4H3,(H,16,18). The largest absolute Gasteiger partial charge is 0.351 e. The maximum atomic E-state index is 11.6. The lowest BCUT2D eigenvalue weighted by molar-refractivity contribution is -0.122. The van der Waals surface area contributed by atoms with Crippen molar-refractivity contribution in [3.8, 4) is 0 Å². The summed E-state index contributed by atoms with van der Waals surface area (Å²) in [6.07, 6.45) is 3.12. The van der Waals surface area contributed by atoms with Gasteiger partial charge < -0.3 is 15.5 Å². The molecule has 4 nitrogen and oxygen atoms in total. The van der Waals surface area contributed by atoms with Crippen molar-refractivity contribution in [3.05, 3.63) is 0 Å². The normalized spacial score (nSPS) is 18.9. The first kappa shape index (κ1) is 15.4. The van der Waals surface area contributed by atoms with E-state index in [1.807, 2.05) is 20.8 Å². The molecule has 106 valence electrons. The Kier molecular flexibility index (Phi) is 6.09. The van der Waals surface area contributed by atoms with E-state index < -0.39 is 0 Å². The molecule has 1 saturated heterocycles. The molecular formula is C14H29N3O. The lowest BCUT2D eigenvalue weighted by atomic mass is 9.97. The SMILES string of the molecule is CN1CCC(CNCCC(=O)NC(C)(C)C)CC1. The molecule has 18 heavy (non-hydrogen) atoms. The Balaban J connectivity index is 2.03. The number of likely N-dealkylation sites (tertiary alicyclic amines) is 1. The van der Waals surface area contributed by atoms with E-state index in [-0.39, 0.29) is 11.4 Å². The number of carbonyl (C=O) groups is 1. The molecule has 1 rings (SSSR count). The molecule has 1 fully saturated rings. The topological polar surface area (TPSA) is 44.4 Å². The third-order valence-electron chi connectivity index (χ3n) is 3.31. The van der Waals surface area contributed by atoms with Crippen molar-refractivity contribution in [2.45, 2.75) is 45.6 Å². The minimum atomic E-state index is -0.120. The van der Waals surface area contributed by atoms with Gasteiger partial charge in [0.15, 0.2) is 0 Å². The van der Waals surface area contributed by atoms with Crippen LogP contribution in [0, 0.1) is 5.92 Å². The zero-order chi connectivity index (χ0) is 13.6. The molecule has 0 radical (unpaired) electrons. The van der Waals surface area contributed by atoms with E-state index >= 15 is 0 Å². The third-order valence-corrected chi connectivity index (χ3v) is 3.31. The molecule has 1 aliphatic rings. The van der Waals surface area contributed by atoms with Crippen molar-refractivity contribution in [2.24, 2.45) is 5.92 Å². The average Bonchev–Trinajstić information content (AvgIpc) is 2.24. The van der Waals surface area contributed by atoms with Gasteiger partial charge in [-0.1, -0.05) is 0 Å². The highest BCUT2D eigenvalue weighted by atomic mass is 16.1. The minimum absolute atomic E-state index is 0.120. The van der Waals surface area contributed by atoms with Crippen LogP contribution >= 0.6 is 0 Å². The molecule has 0 aromatic rings. The minimum Gasteiger partial charge on any atom is -0.351 e. The lowest BCUT2D eigenvalue weighted by Gasteiger charge is -2.29. The van der Waals surface area contributed by atoms with Crippen LogP contribution in [-0.4, -0.2) is 49.6 Å². The fourth-order valence-corrected chi connectivity index (χ4v) is 2.26. The predicted molar refractivity (Wildman–Crippen MR) is 75.6 cm³/mol. The first-order valence-electron chi connectivity index (χ1n) is 7.07. The summed E-state index contributed by atoms with van der Waals surface area (Å²) in [6.45, 7) is 10.3. The van der Waals surface area contributed by atoms with Gasteiger partial charge in [-0.15, -0.1) is 0 Å². The molecule has 0 unspecified atom stereocenters. The summed E-state index contributed by atoms with van der Waals surface area (Å²) in [5, 5.41) is 6.39. The predicted octanol–water partition coefficient (Wildman–Crippen LogP) is 1.22. The Bertz CT molecular complexity index is 252. The van der Waals surface area contributed by atoms with E-state index in [2.05, 4.69) is 22.6 Å². The highest BCUT2D eigenvalue weighted by molar-refractivity contribution is 5.76. The second-order valence-corrected chi connectivity index (χ2v) is 6.50. The average molecular weight is 255 g/mol. The van der Waals surface area contributed by atoms with Crippen LogP contribution in [0.25, 0.3) is 0 Å². The van der Waals surface area contributed by atoms with Gasteiger partial charge in [-0.05, 0) is 66.2 Å². The molecule has 1 aliphatic heterocycles. The van der Waals surface area contributed by atoms with Gasteiger partial charge in [-0.3, -0.25) is 4.79 Å². The van der Waals surface area contributed by atoms with E-state index in [0.717, 1.165) is 19.0 Å². The number of hydrogen-bond acceptors (Lipinski definition) is 3. The quantitative estimate of drug-likeness (QED) is 0.726. The summed E-state index contributed by atoms with van der Waals surface area (Å²) in [4.78, 5) is 14.0. The molecule has 1 amide bonds. The van der Waals surface area contributed by atoms with Crippen molar-refractivity contribution < 1.29 is 4.79 Å². The van der Waals surface area contributed by atoms with Crippen molar-refractivity contribution in [1.82, 2.24) is 15.5 Å². The summed E-state index contributed by atoms with van der Waals surface area (Å²) >= 11 is 0. The van der Waals surface area contributed by atoms with Crippen LogP contribution in [0.15, 0.2) is 0 Å². The number of carbonyl (C=O) groups excluding carboxylic acids is 1. The number of nitrogens with zero attached hydrogens (tertiary/aromatic N) is 1. The molecule has 4 heteroatoms. The first-order valence-corrected chi connectivity index (χ1v) is 7.07. The van der Waals surface area contributed by atoms with Crippen molar-refractivity contribution >= 4 is 5.91 Å². The van der Waals surface area contributed by atoms with Gasteiger partial charge in [0.25, 0.3) is 0 Å². The van der Waals surface area contributed by atoms with Crippen LogP contribution in [0.1, 0.15) is 40.0 Å². The van der Waals surface area contributed by atoms with Crippen LogP contribution < -0.4 is 10.6 Å². The summed E-state index contributed by atoms with van der Waals surface area (Å²) in [5.74, 6) is 0.922. The van der Waals surface area contributed by atoms with Crippen molar-refractivity contribution in [3.63, 3.8) is 0 Å². The summed E-state index contributed by atoms with van der Waals surface area (Å²) in [5.41, 5.74) is -0.120. The fourth-order valence-electron chi connectivity index (χ4n) is 2.26. The highest BCUT2D eigenvalue weighted by Gasteiger charge is 2.16. The summed E-state index contributed by atoms with van der Waals surface area (Å²) in [7, 11) is 2.18. The van der Waals surface area contributed by atoms with E-state index in [4.69, 9.17) is 0 Å². The van der Waals surface area contributed by atoms with E-state index in [9.17, 15) is 4.79 Å². The Morgan fingerprint density at radius 1 is 1.28 bits per heavy atom. The van der Waals surface area contributed by atoms with Gasteiger partial charge in [-0.25, -0.2) is 0 Å². The molecular weight excluding hydrogens is 226 g/mol. The van der Waals surface area contributed by atoms with Crippen LogP contribution in [0.4, 0.5) is 0 Å². The molecule has 2 N–H and O–H groups in total. The first-order chi connectivity index (χ1) is 8.37. The Morgan fingerprint density at radius 3 is 2.44 bits per heavy atom. The maximum Gasteiger partial charge on any atom is 0.221 e. The Labute approximate surface area is 111 Å². The van der Waals surface area contributed by atoms with Gasteiger partial charge in [0.1, 0.15) is 0 Å². The molecule has 0 spiro atoms. The number of rotatable bonds is 5. The molecule has 0 aliphatic carbocycles. The van der Waals surface area contributed by atoms with Crippen molar-refractivity contribution in [2.75, 3.05) is 33.2 Å². The van der Waals surface area contributed by atoms with Crippen LogP contribution in [-0.2, 0) is 4.79 Å². The zero-order valence-electron chi connectivity index (χ0n) is 12.4. The number of nitrogens with one attached hydrogen (secondary N) is 2. The summed E-state index contributed by atoms with van der Waals surface area (Å²) in [6, 6.07) is 0.